The zero-order valence-corrected chi connectivity index (χ0v) is 28.8. The molecule has 242 valence electrons. The van der Waals surface area contributed by atoms with Crippen molar-refractivity contribution in [3.8, 4) is 0 Å². The van der Waals surface area contributed by atoms with Crippen LogP contribution in [0.4, 0.5) is 4.39 Å². The van der Waals surface area contributed by atoms with Crippen molar-refractivity contribution >= 4 is 39.8 Å². The molecule has 11 heteroatoms. The third kappa shape index (κ3) is 9.73. The Morgan fingerprint density at radius 3 is 1.53 bits per heavy atom. The van der Waals surface area contributed by atoms with Crippen molar-refractivity contribution in [2.75, 3.05) is 6.61 Å². The molecule has 0 spiro atoms. The predicted molar refractivity (Wildman–Crippen MR) is 160 cm³/mol. The maximum absolute atomic E-state index is 14.8. The molecule has 1 saturated heterocycles. The average molecular weight is 674 g/mol. The van der Waals surface area contributed by atoms with E-state index >= 15 is 0 Å². The fraction of sp³-hybridized carbons (Fsp3) is 0.688. The van der Waals surface area contributed by atoms with E-state index in [1.165, 1.54) is 12.1 Å². The van der Waals surface area contributed by atoms with Crippen LogP contribution in [0.5, 0.6) is 0 Å². The van der Waals surface area contributed by atoms with Crippen LogP contribution >= 0.6 is 15.9 Å². The largest absolute Gasteiger partial charge is 0.462 e. The maximum atomic E-state index is 14.8. The van der Waals surface area contributed by atoms with Crippen molar-refractivity contribution in [3.63, 3.8) is 0 Å². The van der Waals surface area contributed by atoms with E-state index in [0.717, 1.165) is 0 Å². The maximum Gasteiger partial charge on any atom is 0.311 e. The van der Waals surface area contributed by atoms with Gasteiger partial charge < -0.3 is 23.7 Å². The Hall–Kier alpha value is -2.53. The third-order valence-corrected chi connectivity index (χ3v) is 7.11. The summed E-state index contributed by atoms with van der Waals surface area (Å²) in [7, 11) is 0. The van der Waals surface area contributed by atoms with E-state index < -0.39 is 88.5 Å². The molecule has 1 heterocycles. The normalized spacial score (nSPS) is 23.3. The molecule has 0 N–H and O–H groups in total. The van der Waals surface area contributed by atoms with E-state index in [-0.39, 0.29) is 10.0 Å². The minimum absolute atomic E-state index is 0.193. The summed E-state index contributed by atoms with van der Waals surface area (Å²) in [5.41, 5.74) is -3.55. The summed E-state index contributed by atoms with van der Waals surface area (Å²) in [5, 5.41) is 0. The number of halogens is 2. The molecule has 1 aromatic rings. The number of esters is 4. The number of hydrogen-bond donors (Lipinski definition) is 0. The van der Waals surface area contributed by atoms with Crippen LogP contribution in [0.25, 0.3) is 0 Å². The first-order chi connectivity index (χ1) is 19.3. The van der Waals surface area contributed by atoms with E-state index in [1.54, 1.807) is 89.2 Å². The van der Waals surface area contributed by atoms with Gasteiger partial charge in [-0.15, -0.1) is 0 Å². The van der Waals surface area contributed by atoms with Gasteiger partial charge in [0.15, 0.2) is 18.3 Å². The zero-order valence-electron chi connectivity index (χ0n) is 27.3. The first-order valence-electron chi connectivity index (χ1n) is 14.2. The van der Waals surface area contributed by atoms with Crippen LogP contribution in [-0.4, -0.2) is 54.9 Å². The van der Waals surface area contributed by atoms with Crippen molar-refractivity contribution in [1.29, 1.82) is 0 Å². The van der Waals surface area contributed by atoms with Crippen LogP contribution in [0.1, 0.15) is 94.8 Å². The zero-order chi connectivity index (χ0) is 33.3. The molecule has 2 rings (SSSR count). The topological polar surface area (TPSA) is 114 Å². The van der Waals surface area contributed by atoms with Gasteiger partial charge in [-0.05, 0) is 117 Å². The minimum atomic E-state index is -1.41. The van der Waals surface area contributed by atoms with Crippen LogP contribution in [0.15, 0.2) is 22.7 Å². The van der Waals surface area contributed by atoms with Crippen LogP contribution < -0.4 is 0 Å². The summed E-state index contributed by atoms with van der Waals surface area (Å²) in [6, 6.07) is 4.24. The van der Waals surface area contributed by atoms with E-state index in [2.05, 4.69) is 15.9 Å². The number of benzene rings is 1. The Bertz CT molecular complexity index is 1200. The standard InChI is InChI=1S/C32H46BrFO9/c1-29(2,3)25(35)39-16-20-22(41-26(36)30(4,5)6)24(43-28(38)32(10,11)12)23(42-27(37)31(7,8)9)21(40-20)17-13-14-18(33)19(34)15-17/h13-15,20-24H,16H2,1-12H3/t20-,21-,22-,23-,24-/m1/s1. The molecule has 0 aromatic heterocycles. The molecule has 5 atom stereocenters. The van der Waals surface area contributed by atoms with Crippen molar-refractivity contribution in [1.82, 2.24) is 0 Å². The highest BCUT2D eigenvalue weighted by atomic mass is 79.9. The Morgan fingerprint density at radius 1 is 0.698 bits per heavy atom. The van der Waals surface area contributed by atoms with E-state index in [1.807, 2.05) is 0 Å². The fourth-order valence-electron chi connectivity index (χ4n) is 3.69. The van der Waals surface area contributed by atoms with Gasteiger partial charge >= 0.3 is 23.9 Å². The molecule has 0 bridgehead atoms. The molecule has 0 radical (unpaired) electrons. The number of ether oxygens (including phenoxy) is 5. The Kier molecular flexibility index (Phi) is 11.3. The lowest BCUT2D eigenvalue weighted by Crippen LogP contribution is -2.61. The molecule has 1 aliphatic heterocycles. The van der Waals surface area contributed by atoms with Gasteiger partial charge in [-0.2, -0.15) is 0 Å². The average Bonchev–Trinajstić information content (AvgIpc) is 2.84. The smallest absolute Gasteiger partial charge is 0.311 e. The summed E-state index contributed by atoms with van der Waals surface area (Å²) >= 11 is 3.14. The molecule has 1 fully saturated rings. The van der Waals surface area contributed by atoms with Crippen LogP contribution in [0.2, 0.25) is 0 Å². The molecule has 0 saturated carbocycles. The lowest BCUT2D eigenvalue weighted by molar-refractivity contribution is -0.262. The van der Waals surface area contributed by atoms with Crippen molar-refractivity contribution in [2.24, 2.45) is 21.7 Å². The highest BCUT2D eigenvalue weighted by Gasteiger charge is 2.55. The molecular weight excluding hydrogens is 627 g/mol. The van der Waals surface area contributed by atoms with Gasteiger partial charge in [-0.3, -0.25) is 19.2 Å². The molecule has 1 aromatic carbocycles. The molecular formula is C32H46BrFO9. The molecule has 9 nitrogen and oxygen atoms in total. The number of hydrogen-bond acceptors (Lipinski definition) is 9. The van der Waals surface area contributed by atoms with Gasteiger partial charge in [0.05, 0.1) is 26.1 Å². The van der Waals surface area contributed by atoms with Gasteiger partial charge in [0.2, 0.25) is 0 Å². The van der Waals surface area contributed by atoms with E-state index in [0.29, 0.717) is 0 Å². The molecule has 0 aliphatic carbocycles. The van der Waals surface area contributed by atoms with Crippen molar-refractivity contribution in [3.05, 3.63) is 34.1 Å². The summed E-state index contributed by atoms with van der Waals surface area (Å²) in [6.07, 6.45) is -6.52. The number of carbonyl (C=O) groups is 4. The van der Waals surface area contributed by atoms with Gasteiger partial charge in [0.25, 0.3) is 0 Å². The SMILES string of the molecule is CC(C)(C)C(=O)OC[C@H]1O[C@H](c2ccc(Br)c(F)c2)[C@@H](OC(=O)C(C)(C)C)[C@H](OC(=O)C(C)(C)C)[C@@H]1OC(=O)C(C)(C)C. The molecule has 1 aliphatic rings. The third-order valence-electron chi connectivity index (χ3n) is 6.46. The molecule has 43 heavy (non-hydrogen) atoms. The lowest BCUT2D eigenvalue weighted by atomic mass is 9.88. The van der Waals surface area contributed by atoms with Crippen molar-refractivity contribution in [2.45, 2.75) is 114 Å². The molecule has 0 unspecified atom stereocenters. The number of rotatable bonds is 6. The first kappa shape index (κ1) is 36.7. The van der Waals surface area contributed by atoms with Gasteiger partial charge in [-0.1, -0.05) is 6.07 Å². The second-order valence-corrected chi connectivity index (χ2v) is 15.8. The van der Waals surface area contributed by atoms with Crippen molar-refractivity contribution < 1.29 is 47.3 Å². The summed E-state index contributed by atoms with van der Waals surface area (Å²) in [5.74, 6) is -3.13. The van der Waals surface area contributed by atoms with Crippen LogP contribution in [0.3, 0.4) is 0 Å². The van der Waals surface area contributed by atoms with Gasteiger partial charge in [0, 0.05) is 0 Å². The fourth-order valence-corrected chi connectivity index (χ4v) is 3.93. The second-order valence-electron chi connectivity index (χ2n) is 15.0. The van der Waals surface area contributed by atoms with Crippen LogP contribution in [-0.2, 0) is 42.9 Å². The first-order valence-corrected chi connectivity index (χ1v) is 15.0. The van der Waals surface area contributed by atoms with Gasteiger partial charge in [0.1, 0.15) is 24.6 Å². The summed E-state index contributed by atoms with van der Waals surface area (Å²) in [4.78, 5) is 52.6. The monoisotopic (exact) mass is 672 g/mol. The Labute approximate surface area is 262 Å². The summed E-state index contributed by atoms with van der Waals surface area (Å²) in [6.45, 7) is 19.5. The van der Waals surface area contributed by atoms with E-state index in [4.69, 9.17) is 23.7 Å². The summed E-state index contributed by atoms with van der Waals surface area (Å²) < 4.78 is 44.9. The molecule has 0 amide bonds. The quantitative estimate of drug-likeness (QED) is 0.247. The highest BCUT2D eigenvalue weighted by molar-refractivity contribution is 9.10. The minimum Gasteiger partial charge on any atom is -0.462 e. The van der Waals surface area contributed by atoms with Gasteiger partial charge in [-0.25, -0.2) is 4.39 Å². The van der Waals surface area contributed by atoms with Crippen LogP contribution in [0, 0.1) is 27.5 Å². The van der Waals surface area contributed by atoms with E-state index in [9.17, 15) is 23.6 Å². The highest BCUT2D eigenvalue weighted by Crippen LogP contribution is 2.40. The Morgan fingerprint density at radius 2 is 1.12 bits per heavy atom. The Balaban J connectivity index is 2.79. The second kappa shape index (κ2) is 13.2. The number of carbonyl (C=O) groups excluding carboxylic acids is 4. The predicted octanol–water partition coefficient (Wildman–Crippen LogP) is 6.49. The lowest BCUT2D eigenvalue weighted by Gasteiger charge is -2.46.